The number of rotatable bonds is 10. The summed E-state index contributed by atoms with van der Waals surface area (Å²) in [5, 5.41) is 7.96. The summed E-state index contributed by atoms with van der Waals surface area (Å²) in [4.78, 5) is 11.2. The lowest BCUT2D eigenvalue weighted by Gasteiger charge is -2.22. The van der Waals surface area contributed by atoms with Crippen LogP contribution in [-0.2, 0) is 24.9 Å². The zero-order valence-electron chi connectivity index (χ0n) is 18.9. The predicted molar refractivity (Wildman–Crippen MR) is 131 cm³/mol. The second-order valence-electron chi connectivity index (χ2n) is 7.24. The van der Waals surface area contributed by atoms with Crippen molar-refractivity contribution in [2.75, 3.05) is 33.9 Å². The molecule has 0 amide bonds. The Morgan fingerprint density at radius 3 is 2.67 bits per heavy atom. The summed E-state index contributed by atoms with van der Waals surface area (Å²) in [5.41, 5.74) is 3.37. The first-order chi connectivity index (χ1) is 13.9. The minimum absolute atomic E-state index is 0. The van der Waals surface area contributed by atoms with Gasteiger partial charge in [-0.2, -0.15) is 5.10 Å². The van der Waals surface area contributed by atoms with Crippen molar-refractivity contribution in [1.82, 2.24) is 25.0 Å². The van der Waals surface area contributed by atoms with Crippen molar-refractivity contribution in [3.8, 4) is 5.88 Å². The smallest absolute Gasteiger partial charge is 0.213 e. The fourth-order valence-corrected chi connectivity index (χ4v) is 2.95. The Balaban J connectivity index is 0.00000450. The zero-order chi connectivity index (χ0) is 21.2. The number of aryl methyl sites for hydroxylation is 1. The largest absolute Gasteiger partial charge is 0.475 e. The van der Waals surface area contributed by atoms with Crippen LogP contribution in [0.1, 0.15) is 43.5 Å². The highest BCUT2D eigenvalue weighted by Gasteiger charge is 2.15. The van der Waals surface area contributed by atoms with Gasteiger partial charge in [0.1, 0.15) is 6.61 Å². The molecule has 2 aromatic rings. The van der Waals surface area contributed by atoms with E-state index in [1.165, 1.54) is 5.56 Å². The lowest BCUT2D eigenvalue weighted by molar-refractivity contribution is 0.143. The van der Waals surface area contributed by atoms with Crippen LogP contribution in [0.4, 0.5) is 0 Å². The molecule has 2 aromatic heterocycles. The summed E-state index contributed by atoms with van der Waals surface area (Å²) in [6.45, 7) is 9.53. The van der Waals surface area contributed by atoms with Crippen LogP contribution in [0.15, 0.2) is 29.5 Å². The highest BCUT2D eigenvalue weighted by atomic mass is 127. The van der Waals surface area contributed by atoms with E-state index in [-0.39, 0.29) is 24.0 Å². The first-order valence-electron chi connectivity index (χ1n) is 10.0. The minimum Gasteiger partial charge on any atom is -0.475 e. The van der Waals surface area contributed by atoms with E-state index in [9.17, 15) is 0 Å². The normalized spacial score (nSPS) is 11.4. The Labute approximate surface area is 197 Å². The van der Waals surface area contributed by atoms with Crippen molar-refractivity contribution < 1.29 is 9.47 Å². The predicted octanol–water partition coefficient (Wildman–Crippen LogP) is 3.18. The van der Waals surface area contributed by atoms with Gasteiger partial charge < -0.3 is 19.7 Å². The molecule has 0 saturated carbocycles. The van der Waals surface area contributed by atoms with Gasteiger partial charge in [-0.15, -0.1) is 24.0 Å². The number of hydrogen-bond acceptors (Lipinski definition) is 5. The number of ether oxygens (including phenoxy) is 2. The van der Waals surface area contributed by atoms with Gasteiger partial charge in [0.2, 0.25) is 5.88 Å². The molecule has 0 saturated heterocycles. The van der Waals surface area contributed by atoms with Gasteiger partial charge in [-0.1, -0.05) is 19.9 Å². The summed E-state index contributed by atoms with van der Waals surface area (Å²) in [6, 6.07) is 3.85. The standard InChI is InChI=1S/C21H34N6O2.HI/c1-7-22-21(26(4)14-18-15-27(5)25-20(18)16(2)3)24-13-17-8-9-19(23-12-17)29-11-10-28-6;/h8-9,12,15-16H,7,10-11,13-14H2,1-6H3,(H,22,24);1H. The molecule has 0 radical (unpaired) electrons. The average Bonchev–Trinajstić information content (AvgIpc) is 3.06. The van der Waals surface area contributed by atoms with Crippen LogP contribution in [0.25, 0.3) is 0 Å². The lowest BCUT2D eigenvalue weighted by atomic mass is 10.1. The fourth-order valence-electron chi connectivity index (χ4n) is 2.95. The van der Waals surface area contributed by atoms with Gasteiger partial charge in [0, 0.05) is 58.3 Å². The summed E-state index contributed by atoms with van der Waals surface area (Å²) in [5.74, 6) is 1.83. The highest BCUT2D eigenvalue weighted by Crippen LogP contribution is 2.18. The molecule has 0 aromatic carbocycles. The van der Waals surface area contributed by atoms with Gasteiger partial charge in [0.25, 0.3) is 0 Å². The number of methoxy groups -OCH3 is 1. The van der Waals surface area contributed by atoms with Gasteiger partial charge in [0.15, 0.2) is 5.96 Å². The molecule has 1 N–H and O–H groups in total. The van der Waals surface area contributed by atoms with Gasteiger partial charge in [0.05, 0.1) is 18.8 Å². The molecule has 0 aliphatic heterocycles. The Kier molecular flexibility index (Phi) is 11.7. The van der Waals surface area contributed by atoms with Crippen molar-refractivity contribution in [3.05, 3.63) is 41.3 Å². The molecule has 0 spiro atoms. The van der Waals surface area contributed by atoms with Gasteiger partial charge >= 0.3 is 0 Å². The first-order valence-corrected chi connectivity index (χ1v) is 10.0. The molecule has 30 heavy (non-hydrogen) atoms. The van der Waals surface area contributed by atoms with E-state index in [0.29, 0.717) is 31.6 Å². The van der Waals surface area contributed by atoms with Crippen LogP contribution in [-0.4, -0.2) is 59.5 Å². The third-order valence-corrected chi connectivity index (χ3v) is 4.33. The first kappa shape index (κ1) is 26.2. The fraction of sp³-hybridized carbons (Fsp3) is 0.571. The number of pyridine rings is 1. The van der Waals surface area contributed by atoms with Crippen molar-refractivity contribution in [2.45, 2.75) is 39.8 Å². The maximum Gasteiger partial charge on any atom is 0.213 e. The molecule has 0 unspecified atom stereocenters. The molecular weight excluding hydrogens is 495 g/mol. The van der Waals surface area contributed by atoms with Crippen molar-refractivity contribution in [1.29, 1.82) is 0 Å². The zero-order valence-corrected chi connectivity index (χ0v) is 21.2. The van der Waals surface area contributed by atoms with Crippen LogP contribution in [0, 0.1) is 0 Å². The molecule has 0 fully saturated rings. The van der Waals surface area contributed by atoms with Crippen molar-refractivity contribution in [2.24, 2.45) is 12.0 Å². The van der Waals surface area contributed by atoms with Crippen LogP contribution in [0.3, 0.4) is 0 Å². The SMILES string of the molecule is CCNC(=NCc1ccc(OCCOC)nc1)N(C)Cc1cn(C)nc1C(C)C.I. The van der Waals surface area contributed by atoms with E-state index in [1.54, 1.807) is 13.3 Å². The molecule has 9 heteroatoms. The quantitative estimate of drug-likeness (QED) is 0.220. The maximum atomic E-state index is 5.50. The third kappa shape index (κ3) is 8.10. The number of halogens is 1. The number of guanidine groups is 1. The number of hydrogen-bond donors (Lipinski definition) is 1. The molecule has 0 aliphatic rings. The summed E-state index contributed by atoms with van der Waals surface area (Å²) in [7, 11) is 5.66. The maximum absolute atomic E-state index is 5.50. The molecule has 2 rings (SSSR count). The number of aromatic nitrogens is 3. The van der Waals surface area contributed by atoms with Crippen LogP contribution >= 0.6 is 24.0 Å². The van der Waals surface area contributed by atoms with Gasteiger partial charge in [-0.3, -0.25) is 4.68 Å². The van der Waals surface area contributed by atoms with Crippen LogP contribution in [0.2, 0.25) is 0 Å². The van der Waals surface area contributed by atoms with E-state index in [2.05, 4.69) is 47.3 Å². The van der Waals surface area contributed by atoms with Crippen LogP contribution < -0.4 is 10.1 Å². The monoisotopic (exact) mass is 530 g/mol. The Morgan fingerprint density at radius 2 is 2.07 bits per heavy atom. The molecule has 168 valence electrons. The van der Waals surface area contributed by atoms with Crippen molar-refractivity contribution in [3.63, 3.8) is 0 Å². The Morgan fingerprint density at radius 1 is 1.30 bits per heavy atom. The number of nitrogens with zero attached hydrogens (tertiary/aromatic N) is 5. The van der Waals surface area contributed by atoms with Crippen LogP contribution in [0.5, 0.6) is 5.88 Å². The lowest BCUT2D eigenvalue weighted by Crippen LogP contribution is -2.38. The molecule has 2 heterocycles. The summed E-state index contributed by atoms with van der Waals surface area (Å²) < 4.78 is 12.4. The second-order valence-corrected chi connectivity index (χ2v) is 7.24. The number of nitrogens with one attached hydrogen (secondary N) is 1. The average molecular weight is 530 g/mol. The molecule has 0 bridgehead atoms. The second kappa shape index (κ2) is 13.4. The number of aliphatic imine (C=N–C) groups is 1. The summed E-state index contributed by atoms with van der Waals surface area (Å²) in [6.07, 6.45) is 3.88. The van der Waals surface area contributed by atoms with E-state index in [4.69, 9.17) is 14.5 Å². The molecule has 0 aliphatic carbocycles. The third-order valence-electron chi connectivity index (χ3n) is 4.33. The van der Waals surface area contributed by atoms with E-state index in [0.717, 1.165) is 30.3 Å². The topological polar surface area (TPSA) is 76.8 Å². The van der Waals surface area contributed by atoms with Gasteiger partial charge in [-0.05, 0) is 18.4 Å². The van der Waals surface area contributed by atoms with E-state index < -0.39 is 0 Å². The molecule has 8 nitrogen and oxygen atoms in total. The molecule has 0 atom stereocenters. The summed E-state index contributed by atoms with van der Waals surface area (Å²) >= 11 is 0. The van der Waals surface area contributed by atoms with Crippen molar-refractivity contribution >= 4 is 29.9 Å². The Bertz CT molecular complexity index is 776. The minimum atomic E-state index is 0. The molecular formula is C21H35IN6O2. The van der Waals surface area contributed by atoms with E-state index >= 15 is 0 Å². The van der Waals surface area contributed by atoms with E-state index in [1.807, 2.05) is 30.9 Å². The Hall–Kier alpha value is -1.88. The highest BCUT2D eigenvalue weighted by molar-refractivity contribution is 14.0. The van der Waals surface area contributed by atoms with Gasteiger partial charge in [-0.25, -0.2) is 9.98 Å².